The zero-order valence-corrected chi connectivity index (χ0v) is 13.9. The molecule has 4 N–H and O–H groups in total. The number of benzene rings is 1. The predicted molar refractivity (Wildman–Crippen MR) is 83.6 cm³/mol. The van der Waals surface area contributed by atoms with Gasteiger partial charge in [-0.05, 0) is 31.9 Å². The molecule has 27 heavy (non-hydrogen) atoms. The number of amides is 3. The second kappa shape index (κ2) is 7.45. The molecule has 3 amide bonds. The Morgan fingerprint density at radius 3 is 2.26 bits per heavy atom. The first-order chi connectivity index (χ1) is 12.6. The van der Waals surface area contributed by atoms with Gasteiger partial charge in [-0.15, -0.1) is 0 Å². The van der Waals surface area contributed by atoms with Crippen LogP contribution in [0.25, 0.3) is 0 Å². The fourth-order valence-corrected chi connectivity index (χ4v) is 3.04. The van der Waals surface area contributed by atoms with Crippen LogP contribution in [0.3, 0.4) is 0 Å². The lowest BCUT2D eigenvalue weighted by Gasteiger charge is -2.42. The highest BCUT2D eigenvalue weighted by Crippen LogP contribution is 2.38. The molecule has 0 saturated heterocycles. The number of alkyl halides is 3. The Balaban J connectivity index is 2.76. The fourth-order valence-electron chi connectivity index (χ4n) is 3.04. The smallest absolute Gasteiger partial charge is 0.330 e. The van der Waals surface area contributed by atoms with Crippen molar-refractivity contribution in [3.05, 3.63) is 35.4 Å². The Bertz CT molecular complexity index is 796. The van der Waals surface area contributed by atoms with Gasteiger partial charge >= 0.3 is 12.1 Å². The van der Waals surface area contributed by atoms with Crippen molar-refractivity contribution in [2.75, 3.05) is 6.54 Å². The number of nitrogens with two attached hydrogens (primary N) is 1. The molecule has 0 unspecified atom stereocenters. The van der Waals surface area contributed by atoms with E-state index >= 15 is 0 Å². The third-order valence-electron chi connectivity index (χ3n) is 4.28. The van der Waals surface area contributed by atoms with Crippen LogP contribution in [0.2, 0.25) is 0 Å². The van der Waals surface area contributed by atoms with Crippen molar-refractivity contribution in [3.63, 3.8) is 0 Å². The number of ketones is 1. The number of Topliss-reactive ketones (excluding diaryl/α,β-unsaturated/α-hetero) is 1. The lowest BCUT2D eigenvalue weighted by atomic mass is 9.77. The molecule has 0 spiro atoms. The summed E-state index contributed by atoms with van der Waals surface area (Å²) in [5, 5.41) is 9.06. The van der Waals surface area contributed by atoms with E-state index < -0.39 is 52.1 Å². The van der Waals surface area contributed by atoms with Gasteiger partial charge in [-0.25, -0.2) is 10.4 Å². The second-order valence-electron chi connectivity index (χ2n) is 5.87. The Kier molecular flexibility index (Phi) is 5.66. The van der Waals surface area contributed by atoms with Crippen molar-refractivity contribution in [1.82, 2.24) is 10.4 Å². The molecule has 0 saturated carbocycles. The average molecular weight is 387 g/mol. The van der Waals surface area contributed by atoms with Crippen molar-refractivity contribution in [2.45, 2.75) is 31.0 Å². The number of nitrogens with zero attached hydrogens (tertiary/aromatic N) is 1. The maximum atomic E-state index is 13.1. The summed E-state index contributed by atoms with van der Waals surface area (Å²) in [4.78, 5) is 49.6. The normalized spacial score (nSPS) is 19.7. The monoisotopic (exact) mass is 387 g/mol. The van der Waals surface area contributed by atoms with Gasteiger partial charge in [0, 0.05) is 5.56 Å². The van der Waals surface area contributed by atoms with E-state index in [1.807, 2.05) is 0 Å². The summed E-state index contributed by atoms with van der Waals surface area (Å²) in [5.41, 5.74) is 2.82. The first-order valence-corrected chi connectivity index (χ1v) is 7.87. The minimum absolute atomic E-state index is 0.0489. The number of carbonyl (C=O) groups excluding carboxylic acids is 4. The van der Waals surface area contributed by atoms with Gasteiger partial charge in [0.25, 0.3) is 11.8 Å². The van der Waals surface area contributed by atoms with Gasteiger partial charge in [0.2, 0.25) is 0 Å². The molecule has 8 nitrogen and oxygen atoms in total. The molecule has 11 heteroatoms. The third-order valence-corrected chi connectivity index (χ3v) is 4.28. The van der Waals surface area contributed by atoms with E-state index in [0.29, 0.717) is 0 Å². The summed E-state index contributed by atoms with van der Waals surface area (Å²) >= 11 is 0. The molecule has 1 atom stereocenters. The lowest BCUT2D eigenvalue weighted by Crippen LogP contribution is -2.70. The van der Waals surface area contributed by atoms with Crippen molar-refractivity contribution >= 4 is 23.5 Å². The number of halogens is 3. The molecule has 1 aromatic rings. The number of unbranched alkanes of at least 4 members (excludes halogenated alkanes) is 1. The standard InChI is InChI=1S/C16H16F3N3O5/c17-16(18,19)14(26)22-12(24)10-6-2-1-5-9(10)11(23)15(22,13(25)21-27)7-3-4-8-20/h1-2,5-6,27H,3-4,7-8,20H2,(H,21,25)/t15-/m0/s1. The van der Waals surface area contributed by atoms with E-state index in [0.717, 1.165) is 17.6 Å². The highest BCUT2D eigenvalue weighted by atomic mass is 19.4. The van der Waals surface area contributed by atoms with Crippen LogP contribution in [0.1, 0.15) is 40.0 Å². The second-order valence-corrected chi connectivity index (χ2v) is 5.87. The summed E-state index contributed by atoms with van der Waals surface area (Å²) < 4.78 is 39.4. The summed E-state index contributed by atoms with van der Waals surface area (Å²) in [6.45, 7) is 0.1000. The number of carbonyl (C=O) groups is 4. The molecule has 0 aromatic heterocycles. The molecule has 0 radical (unpaired) electrons. The molecule has 146 valence electrons. The van der Waals surface area contributed by atoms with Gasteiger partial charge in [-0.3, -0.25) is 24.4 Å². The summed E-state index contributed by atoms with van der Waals surface area (Å²) in [6, 6.07) is 4.89. The number of hydroxylamine groups is 1. The Morgan fingerprint density at radius 1 is 1.15 bits per heavy atom. The molecule has 2 rings (SSSR count). The van der Waals surface area contributed by atoms with Crippen LogP contribution in [0.15, 0.2) is 24.3 Å². The van der Waals surface area contributed by atoms with Crippen molar-refractivity contribution in [3.8, 4) is 0 Å². The van der Waals surface area contributed by atoms with Gasteiger partial charge in [-0.2, -0.15) is 13.2 Å². The molecule has 1 aliphatic heterocycles. The maximum absolute atomic E-state index is 13.1. The number of imide groups is 1. The molecule has 1 aromatic carbocycles. The van der Waals surface area contributed by atoms with E-state index in [1.54, 1.807) is 0 Å². The molecular weight excluding hydrogens is 371 g/mol. The van der Waals surface area contributed by atoms with Gasteiger partial charge in [0.05, 0.1) is 5.56 Å². The number of hydrogen-bond donors (Lipinski definition) is 3. The van der Waals surface area contributed by atoms with Crippen molar-refractivity contribution in [1.29, 1.82) is 0 Å². The Labute approximate surface area is 151 Å². The molecule has 1 heterocycles. The molecule has 1 aliphatic rings. The first-order valence-electron chi connectivity index (χ1n) is 7.87. The van der Waals surface area contributed by atoms with Gasteiger partial charge in [0.1, 0.15) is 0 Å². The Hall–Kier alpha value is -2.79. The zero-order valence-electron chi connectivity index (χ0n) is 13.9. The molecular formula is C16H16F3N3O5. The number of nitrogens with one attached hydrogen (secondary N) is 1. The zero-order chi connectivity index (χ0) is 20.4. The predicted octanol–water partition coefficient (Wildman–Crippen LogP) is 0.787. The van der Waals surface area contributed by atoms with Crippen LogP contribution < -0.4 is 11.2 Å². The summed E-state index contributed by atoms with van der Waals surface area (Å²) in [5.74, 6) is -6.93. The summed E-state index contributed by atoms with van der Waals surface area (Å²) in [6.07, 6.45) is -6.00. The topological polar surface area (TPSA) is 130 Å². The van der Waals surface area contributed by atoms with Crippen LogP contribution in [0, 0.1) is 0 Å². The first kappa shape index (κ1) is 20.5. The van der Waals surface area contributed by atoms with Crippen LogP contribution in [-0.2, 0) is 9.59 Å². The number of fused-ring (bicyclic) bond motifs is 1. The highest BCUT2D eigenvalue weighted by molar-refractivity contribution is 6.29. The van der Waals surface area contributed by atoms with Gasteiger partial charge < -0.3 is 5.73 Å². The van der Waals surface area contributed by atoms with Crippen LogP contribution in [-0.4, -0.2) is 51.9 Å². The molecule has 0 aliphatic carbocycles. The summed E-state index contributed by atoms with van der Waals surface area (Å²) in [7, 11) is 0. The third kappa shape index (κ3) is 3.30. The van der Waals surface area contributed by atoms with Crippen molar-refractivity contribution < 1.29 is 37.6 Å². The molecule has 0 fully saturated rings. The van der Waals surface area contributed by atoms with E-state index in [1.165, 1.54) is 12.1 Å². The van der Waals surface area contributed by atoms with E-state index in [2.05, 4.69) is 0 Å². The fraction of sp³-hybridized carbons (Fsp3) is 0.375. The SMILES string of the molecule is NCCCC[C@@]1(C(=O)NO)C(=O)c2ccccc2C(=O)N1C(=O)C(F)(F)F. The molecule has 0 bridgehead atoms. The highest BCUT2D eigenvalue weighted by Gasteiger charge is 2.63. The van der Waals surface area contributed by atoms with Crippen molar-refractivity contribution in [2.24, 2.45) is 5.73 Å². The van der Waals surface area contributed by atoms with E-state index in [-0.39, 0.29) is 24.9 Å². The van der Waals surface area contributed by atoms with E-state index in [9.17, 15) is 32.3 Å². The average Bonchev–Trinajstić information content (AvgIpc) is 2.64. The van der Waals surface area contributed by atoms with Gasteiger partial charge in [0.15, 0.2) is 11.3 Å². The maximum Gasteiger partial charge on any atom is 0.471 e. The Morgan fingerprint density at radius 2 is 1.74 bits per heavy atom. The largest absolute Gasteiger partial charge is 0.471 e. The minimum Gasteiger partial charge on any atom is -0.330 e. The van der Waals surface area contributed by atoms with E-state index in [4.69, 9.17) is 10.9 Å². The van der Waals surface area contributed by atoms with Crippen LogP contribution in [0.5, 0.6) is 0 Å². The number of rotatable bonds is 5. The number of hydrogen-bond acceptors (Lipinski definition) is 6. The van der Waals surface area contributed by atoms with Gasteiger partial charge in [-0.1, -0.05) is 18.2 Å². The quantitative estimate of drug-likeness (QED) is 0.296. The minimum atomic E-state index is -5.53. The van der Waals surface area contributed by atoms with Crippen LogP contribution in [0.4, 0.5) is 13.2 Å². The van der Waals surface area contributed by atoms with Crippen LogP contribution >= 0.6 is 0 Å². The lowest BCUT2D eigenvalue weighted by molar-refractivity contribution is -0.188.